The molecule has 0 saturated carbocycles. The lowest BCUT2D eigenvalue weighted by Crippen LogP contribution is -2.17. The van der Waals surface area contributed by atoms with Crippen molar-refractivity contribution in [1.82, 2.24) is 0 Å². The summed E-state index contributed by atoms with van der Waals surface area (Å²) in [5.74, 6) is 1.02. The van der Waals surface area contributed by atoms with E-state index in [1.165, 1.54) is 12.1 Å². The Morgan fingerprint density at radius 1 is 1.05 bits per heavy atom. The molecule has 2 aromatic rings. The van der Waals surface area contributed by atoms with Gasteiger partial charge in [0, 0.05) is 16.6 Å². The number of hydrogen-bond donors (Lipinski definition) is 1. The fourth-order valence-corrected chi connectivity index (χ4v) is 3.62. The van der Waals surface area contributed by atoms with Crippen LogP contribution < -0.4 is 14.2 Å². The molecule has 0 atom stereocenters. The molecule has 22 heavy (non-hydrogen) atoms. The van der Waals surface area contributed by atoms with E-state index >= 15 is 0 Å². The second kappa shape index (κ2) is 6.10. The van der Waals surface area contributed by atoms with Crippen LogP contribution in [0.4, 0.5) is 5.69 Å². The van der Waals surface area contributed by atoms with E-state index in [2.05, 4.69) is 4.72 Å². The predicted molar refractivity (Wildman–Crippen MR) is 86.5 cm³/mol. The first kappa shape index (κ1) is 15.1. The summed E-state index contributed by atoms with van der Waals surface area (Å²) >= 11 is 1.55. The molecule has 2 aromatic carbocycles. The van der Waals surface area contributed by atoms with Crippen molar-refractivity contribution in [2.24, 2.45) is 0 Å². The Morgan fingerprint density at radius 3 is 2.59 bits per heavy atom. The van der Waals surface area contributed by atoms with Gasteiger partial charge in [-0.2, -0.15) is 0 Å². The molecule has 5 nitrogen and oxygen atoms in total. The summed E-state index contributed by atoms with van der Waals surface area (Å²) in [4.78, 5) is 1.13. The standard InChI is InChI=1S/C15H15NO4S2/c1-21-12-4-2-3-11(9-12)16-22(17,18)13-5-6-14-15(10-13)20-8-7-19-14/h2-6,9-10,16H,7-8H2,1H3. The highest BCUT2D eigenvalue weighted by molar-refractivity contribution is 7.98. The maximum Gasteiger partial charge on any atom is 0.262 e. The second-order valence-corrected chi connectivity index (χ2v) is 7.20. The summed E-state index contributed by atoms with van der Waals surface area (Å²) in [6, 6.07) is 11.8. The van der Waals surface area contributed by atoms with Gasteiger partial charge in [-0.05, 0) is 36.6 Å². The van der Waals surface area contributed by atoms with Gasteiger partial charge >= 0.3 is 0 Å². The molecule has 0 spiro atoms. The van der Waals surface area contributed by atoms with Crippen molar-refractivity contribution in [2.45, 2.75) is 9.79 Å². The van der Waals surface area contributed by atoms with Crippen LogP contribution in [-0.4, -0.2) is 27.9 Å². The number of benzene rings is 2. The molecule has 0 aliphatic carbocycles. The summed E-state index contributed by atoms with van der Waals surface area (Å²) in [5.41, 5.74) is 0.529. The van der Waals surface area contributed by atoms with Crippen molar-refractivity contribution >= 4 is 27.5 Å². The molecule has 7 heteroatoms. The Kier molecular flexibility index (Phi) is 4.17. The minimum Gasteiger partial charge on any atom is -0.486 e. The molecular formula is C15H15NO4S2. The van der Waals surface area contributed by atoms with Gasteiger partial charge in [0.25, 0.3) is 10.0 Å². The highest BCUT2D eigenvalue weighted by Crippen LogP contribution is 2.32. The van der Waals surface area contributed by atoms with Crippen LogP contribution in [0, 0.1) is 0 Å². The van der Waals surface area contributed by atoms with Crippen LogP contribution in [-0.2, 0) is 10.0 Å². The Morgan fingerprint density at radius 2 is 1.82 bits per heavy atom. The van der Waals surface area contributed by atoms with E-state index in [-0.39, 0.29) is 4.90 Å². The first-order valence-electron chi connectivity index (χ1n) is 6.65. The second-order valence-electron chi connectivity index (χ2n) is 4.64. The molecule has 116 valence electrons. The quantitative estimate of drug-likeness (QED) is 0.869. The van der Waals surface area contributed by atoms with E-state index in [1.54, 1.807) is 30.0 Å². The van der Waals surface area contributed by atoms with Crippen LogP contribution in [0.25, 0.3) is 0 Å². The molecule has 3 rings (SSSR count). The highest BCUT2D eigenvalue weighted by Gasteiger charge is 2.19. The third kappa shape index (κ3) is 3.15. The Bertz CT molecular complexity index is 790. The molecule has 1 aliphatic rings. The zero-order valence-electron chi connectivity index (χ0n) is 11.9. The Balaban J connectivity index is 1.89. The first-order valence-corrected chi connectivity index (χ1v) is 9.36. The summed E-state index contributed by atoms with van der Waals surface area (Å²) in [6.07, 6.45) is 1.94. The number of nitrogens with one attached hydrogen (secondary N) is 1. The van der Waals surface area contributed by atoms with E-state index in [9.17, 15) is 8.42 Å². The van der Waals surface area contributed by atoms with Crippen LogP contribution in [0.3, 0.4) is 0 Å². The van der Waals surface area contributed by atoms with Gasteiger partial charge < -0.3 is 9.47 Å². The smallest absolute Gasteiger partial charge is 0.262 e. The van der Waals surface area contributed by atoms with E-state index in [0.29, 0.717) is 30.4 Å². The van der Waals surface area contributed by atoms with Gasteiger partial charge in [-0.25, -0.2) is 8.42 Å². The summed E-state index contributed by atoms with van der Waals surface area (Å²) in [7, 11) is -3.67. The first-order chi connectivity index (χ1) is 10.6. The molecule has 0 fully saturated rings. The maximum absolute atomic E-state index is 12.5. The molecule has 0 unspecified atom stereocenters. The largest absolute Gasteiger partial charge is 0.486 e. The number of sulfonamides is 1. The van der Waals surface area contributed by atoms with E-state index in [1.807, 2.05) is 18.4 Å². The van der Waals surface area contributed by atoms with Gasteiger partial charge in [0.1, 0.15) is 13.2 Å². The molecular weight excluding hydrogens is 322 g/mol. The average Bonchev–Trinajstić information content (AvgIpc) is 2.54. The van der Waals surface area contributed by atoms with Crippen molar-refractivity contribution in [2.75, 3.05) is 24.2 Å². The zero-order chi connectivity index (χ0) is 15.6. The minimum absolute atomic E-state index is 0.145. The van der Waals surface area contributed by atoms with Crippen LogP contribution in [0.2, 0.25) is 0 Å². The van der Waals surface area contributed by atoms with E-state index in [0.717, 1.165) is 4.90 Å². The minimum atomic E-state index is -3.67. The van der Waals surface area contributed by atoms with Gasteiger partial charge in [0.2, 0.25) is 0 Å². The molecule has 1 N–H and O–H groups in total. The maximum atomic E-state index is 12.5. The fourth-order valence-electron chi connectivity index (χ4n) is 2.09. The molecule has 0 bridgehead atoms. The summed E-state index contributed by atoms with van der Waals surface area (Å²) < 4.78 is 38.3. The number of thioether (sulfide) groups is 1. The Hall–Kier alpha value is -1.86. The molecule has 0 amide bonds. The lowest BCUT2D eigenvalue weighted by Gasteiger charge is -2.19. The Labute approximate surface area is 133 Å². The molecule has 1 aliphatic heterocycles. The fraction of sp³-hybridized carbons (Fsp3) is 0.200. The van der Waals surface area contributed by atoms with Gasteiger partial charge in [-0.3, -0.25) is 4.72 Å². The third-order valence-electron chi connectivity index (χ3n) is 3.15. The monoisotopic (exact) mass is 337 g/mol. The highest BCUT2D eigenvalue weighted by atomic mass is 32.2. The van der Waals surface area contributed by atoms with Crippen molar-refractivity contribution in [3.05, 3.63) is 42.5 Å². The van der Waals surface area contributed by atoms with Gasteiger partial charge in [-0.1, -0.05) is 6.07 Å². The molecule has 1 heterocycles. The molecule has 0 saturated heterocycles. The number of rotatable bonds is 4. The van der Waals surface area contributed by atoms with Crippen molar-refractivity contribution in [3.8, 4) is 11.5 Å². The van der Waals surface area contributed by atoms with Crippen molar-refractivity contribution in [3.63, 3.8) is 0 Å². The van der Waals surface area contributed by atoms with Crippen LogP contribution in [0.15, 0.2) is 52.3 Å². The normalized spacial score (nSPS) is 13.7. The number of anilines is 1. The van der Waals surface area contributed by atoms with Crippen molar-refractivity contribution < 1.29 is 17.9 Å². The molecule has 0 aromatic heterocycles. The van der Waals surface area contributed by atoms with Gasteiger partial charge in [0.05, 0.1) is 4.90 Å². The number of hydrogen-bond acceptors (Lipinski definition) is 5. The lowest BCUT2D eigenvalue weighted by molar-refractivity contribution is 0.171. The van der Waals surface area contributed by atoms with Gasteiger partial charge in [0.15, 0.2) is 11.5 Å². The van der Waals surface area contributed by atoms with Gasteiger partial charge in [-0.15, -0.1) is 11.8 Å². The predicted octanol–water partition coefficient (Wildman–Crippen LogP) is 2.98. The SMILES string of the molecule is CSc1cccc(NS(=O)(=O)c2ccc3c(c2)OCCO3)c1. The van der Waals surface area contributed by atoms with Crippen LogP contribution in [0.5, 0.6) is 11.5 Å². The van der Waals surface area contributed by atoms with Crippen molar-refractivity contribution in [1.29, 1.82) is 0 Å². The average molecular weight is 337 g/mol. The van der Waals surface area contributed by atoms with Crippen LogP contribution in [0.1, 0.15) is 0 Å². The topological polar surface area (TPSA) is 64.6 Å². The summed E-state index contributed by atoms with van der Waals surface area (Å²) in [6.45, 7) is 0.887. The number of fused-ring (bicyclic) bond motifs is 1. The van der Waals surface area contributed by atoms with E-state index < -0.39 is 10.0 Å². The lowest BCUT2D eigenvalue weighted by atomic mass is 10.3. The molecule has 0 radical (unpaired) electrons. The summed E-state index contributed by atoms with van der Waals surface area (Å²) in [5, 5.41) is 0. The zero-order valence-corrected chi connectivity index (χ0v) is 13.5. The third-order valence-corrected chi connectivity index (χ3v) is 5.25. The van der Waals surface area contributed by atoms with Crippen LogP contribution >= 0.6 is 11.8 Å². The number of ether oxygens (including phenoxy) is 2. The van der Waals surface area contributed by atoms with E-state index in [4.69, 9.17) is 9.47 Å².